The fourth-order valence-corrected chi connectivity index (χ4v) is 3.62. The van der Waals surface area contributed by atoms with Crippen molar-refractivity contribution in [2.75, 3.05) is 5.90 Å². The molecule has 0 radical (unpaired) electrons. The lowest BCUT2D eigenvalue weighted by molar-refractivity contribution is 1.77. The summed E-state index contributed by atoms with van der Waals surface area (Å²) in [5.41, 5.74) is 0. The van der Waals surface area contributed by atoms with E-state index in [1.807, 2.05) is 0 Å². The van der Waals surface area contributed by atoms with E-state index in [1.165, 1.54) is 33.7 Å². The van der Waals surface area contributed by atoms with Crippen LogP contribution in [0.5, 0.6) is 0 Å². The summed E-state index contributed by atoms with van der Waals surface area (Å²) in [4.78, 5) is 0. The Kier molecular flexibility index (Phi) is 4.33. The summed E-state index contributed by atoms with van der Waals surface area (Å²) in [7, 11) is 2.82. The second-order valence-electron chi connectivity index (χ2n) is 3.13. The molecule has 0 heterocycles. The third kappa shape index (κ3) is 3.74. The Bertz CT molecular complexity index is 344. The summed E-state index contributed by atoms with van der Waals surface area (Å²) in [5.74, 6) is 1.17. The fraction of sp³-hybridized carbons (Fsp3) is 0.0769. The Balaban J connectivity index is 1.81. The summed E-state index contributed by atoms with van der Waals surface area (Å²) < 4.78 is 0. The summed E-state index contributed by atoms with van der Waals surface area (Å²) in [6, 6.07) is 21.3. The first-order valence-corrected chi connectivity index (χ1v) is 7.06. The van der Waals surface area contributed by atoms with E-state index in [-0.39, 0.29) is 0 Å². The van der Waals surface area contributed by atoms with Crippen molar-refractivity contribution in [1.29, 1.82) is 0 Å². The molecule has 15 heavy (non-hydrogen) atoms. The predicted octanol–water partition coefficient (Wildman–Crippen LogP) is 3.49. The normalized spacial score (nSPS) is 11.7. The standard InChI is InChI=1S/C13H12P2/c1-3-7-12(8-4-1)14-11-15-13-9-5-2-6-10-13/h1-10H,11H2/q-2. The number of benzene rings is 2. The van der Waals surface area contributed by atoms with Crippen molar-refractivity contribution < 1.29 is 0 Å². The minimum atomic E-state index is 1.17. The van der Waals surface area contributed by atoms with Crippen LogP contribution in [0.15, 0.2) is 60.7 Å². The van der Waals surface area contributed by atoms with E-state index < -0.39 is 0 Å². The Labute approximate surface area is 94.7 Å². The van der Waals surface area contributed by atoms with Crippen LogP contribution in [0.25, 0.3) is 0 Å². The molecular formula is C13H12P2-2. The van der Waals surface area contributed by atoms with E-state index in [4.69, 9.17) is 0 Å². The second-order valence-corrected chi connectivity index (χ2v) is 5.93. The van der Waals surface area contributed by atoms with Gasteiger partial charge < -0.3 is 23.1 Å². The third-order valence-corrected chi connectivity index (χ3v) is 4.48. The summed E-state index contributed by atoms with van der Waals surface area (Å²) >= 11 is 0. The van der Waals surface area contributed by atoms with Crippen molar-refractivity contribution in [3.8, 4) is 0 Å². The number of rotatable bonds is 4. The molecule has 0 N–H and O–H groups in total. The van der Waals surface area contributed by atoms with Crippen LogP contribution >= 0.6 is 17.2 Å². The molecule has 0 aliphatic heterocycles. The highest BCUT2D eigenvalue weighted by Crippen LogP contribution is 2.22. The van der Waals surface area contributed by atoms with E-state index in [9.17, 15) is 0 Å². The smallest absolute Gasteiger partial charge is 0.0624 e. The maximum absolute atomic E-state index is 2.18. The van der Waals surface area contributed by atoms with Crippen molar-refractivity contribution >= 4 is 27.8 Å². The van der Waals surface area contributed by atoms with Crippen molar-refractivity contribution in [3.05, 3.63) is 60.7 Å². The molecule has 76 valence electrons. The molecule has 0 aliphatic rings. The van der Waals surface area contributed by atoms with E-state index in [1.54, 1.807) is 0 Å². The SMILES string of the molecule is c1ccc([P-]C[P-]c2ccccc2)cc1. The predicted molar refractivity (Wildman–Crippen MR) is 70.9 cm³/mol. The van der Waals surface area contributed by atoms with Crippen LogP contribution in [0.3, 0.4) is 0 Å². The van der Waals surface area contributed by atoms with Gasteiger partial charge in [-0.15, -0.1) is 0 Å². The third-order valence-electron chi connectivity index (χ3n) is 2.02. The average Bonchev–Trinajstić information content (AvgIpc) is 2.32. The molecule has 2 rings (SSSR count). The monoisotopic (exact) mass is 230 g/mol. The quantitative estimate of drug-likeness (QED) is 0.705. The molecular weight excluding hydrogens is 218 g/mol. The molecule has 0 saturated heterocycles. The molecule has 2 aromatic rings. The maximum atomic E-state index is 2.18. The van der Waals surface area contributed by atoms with Crippen LogP contribution in [0.1, 0.15) is 0 Å². The van der Waals surface area contributed by atoms with Crippen molar-refractivity contribution in [2.45, 2.75) is 0 Å². The topological polar surface area (TPSA) is 0 Å². The minimum Gasteiger partial charge on any atom is -0.537 e. The summed E-state index contributed by atoms with van der Waals surface area (Å²) in [6.45, 7) is 0. The molecule has 0 spiro atoms. The average molecular weight is 230 g/mol. The van der Waals surface area contributed by atoms with Gasteiger partial charge in [-0.25, -0.2) is 10.6 Å². The van der Waals surface area contributed by atoms with E-state index >= 15 is 0 Å². The van der Waals surface area contributed by atoms with Crippen LogP contribution < -0.4 is 10.6 Å². The molecule has 0 fully saturated rings. The Morgan fingerprint density at radius 2 is 1.00 bits per heavy atom. The van der Waals surface area contributed by atoms with E-state index in [0.717, 1.165) is 0 Å². The van der Waals surface area contributed by atoms with Gasteiger partial charge in [0.2, 0.25) is 0 Å². The molecule has 0 nitrogen and oxygen atoms in total. The van der Waals surface area contributed by atoms with Crippen molar-refractivity contribution in [3.63, 3.8) is 0 Å². The zero-order valence-electron chi connectivity index (χ0n) is 8.38. The Morgan fingerprint density at radius 3 is 1.40 bits per heavy atom. The molecule has 0 atom stereocenters. The van der Waals surface area contributed by atoms with E-state index in [2.05, 4.69) is 60.7 Å². The first-order chi connectivity index (χ1) is 7.45. The first-order valence-electron chi connectivity index (χ1n) is 4.90. The largest absolute Gasteiger partial charge is 0.537 e. The second kappa shape index (κ2) is 6.01. The highest BCUT2D eigenvalue weighted by atomic mass is 31.1. The van der Waals surface area contributed by atoms with E-state index in [0.29, 0.717) is 0 Å². The van der Waals surface area contributed by atoms with Gasteiger partial charge in [0.1, 0.15) is 0 Å². The lowest BCUT2D eigenvalue weighted by atomic mass is 10.4. The van der Waals surface area contributed by atoms with Gasteiger partial charge in [0.05, 0.1) is 0 Å². The summed E-state index contributed by atoms with van der Waals surface area (Å²) in [5, 5.41) is 2.81. The minimum absolute atomic E-state index is 1.17. The molecule has 2 aromatic carbocycles. The van der Waals surface area contributed by atoms with Gasteiger partial charge in [0, 0.05) is 0 Å². The van der Waals surface area contributed by atoms with Gasteiger partial charge in [-0.2, -0.15) is 0 Å². The van der Waals surface area contributed by atoms with Gasteiger partial charge in [-0.05, 0) is 0 Å². The van der Waals surface area contributed by atoms with Gasteiger partial charge in [-0.3, -0.25) is 0 Å². The van der Waals surface area contributed by atoms with Crippen LogP contribution in [0, 0.1) is 0 Å². The molecule has 0 unspecified atom stereocenters. The van der Waals surface area contributed by atoms with Crippen molar-refractivity contribution in [2.24, 2.45) is 0 Å². The molecule has 0 amide bonds. The van der Waals surface area contributed by atoms with Gasteiger partial charge in [-0.1, -0.05) is 60.7 Å². The summed E-state index contributed by atoms with van der Waals surface area (Å²) in [6.07, 6.45) is 0. The first kappa shape index (κ1) is 10.8. The number of hydrogen-bond donors (Lipinski definition) is 0. The van der Waals surface area contributed by atoms with Crippen LogP contribution in [0.2, 0.25) is 0 Å². The van der Waals surface area contributed by atoms with Gasteiger partial charge in [0.25, 0.3) is 0 Å². The fourth-order valence-electron chi connectivity index (χ4n) is 1.27. The van der Waals surface area contributed by atoms with Crippen LogP contribution in [-0.2, 0) is 0 Å². The lowest BCUT2D eigenvalue weighted by Crippen LogP contribution is -1.95. The zero-order chi connectivity index (χ0) is 10.3. The van der Waals surface area contributed by atoms with Gasteiger partial charge >= 0.3 is 0 Å². The highest BCUT2D eigenvalue weighted by molar-refractivity contribution is 7.64. The number of hydrogen-bond acceptors (Lipinski definition) is 0. The van der Waals surface area contributed by atoms with Crippen LogP contribution in [-0.4, -0.2) is 5.90 Å². The molecule has 0 saturated carbocycles. The zero-order valence-corrected chi connectivity index (χ0v) is 10.2. The Hall–Kier alpha value is -0.700. The molecule has 0 bridgehead atoms. The Morgan fingerprint density at radius 1 is 0.600 bits per heavy atom. The lowest BCUT2D eigenvalue weighted by Gasteiger charge is -2.29. The highest BCUT2D eigenvalue weighted by Gasteiger charge is 1.73. The molecule has 2 heteroatoms. The van der Waals surface area contributed by atoms with Crippen molar-refractivity contribution in [1.82, 2.24) is 0 Å². The maximum Gasteiger partial charge on any atom is -0.0624 e. The van der Waals surface area contributed by atoms with Gasteiger partial charge in [0.15, 0.2) is 0 Å². The molecule has 0 aromatic heterocycles. The molecule has 0 aliphatic carbocycles. The van der Waals surface area contributed by atoms with Crippen LogP contribution in [0.4, 0.5) is 0 Å².